The molecule has 1 saturated heterocycles. The van der Waals surface area contributed by atoms with Crippen LogP contribution in [0.2, 0.25) is 0 Å². The quantitative estimate of drug-likeness (QED) is 0.606. The van der Waals surface area contributed by atoms with Crippen LogP contribution in [-0.4, -0.2) is 51.3 Å². The number of nitrogens with zero attached hydrogens (tertiary/aromatic N) is 4. The zero-order valence-corrected chi connectivity index (χ0v) is 18.4. The predicted octanol–water partition coefficient (Wildman–Crippen LogP) is 3.56. The van der Waals surface area contributed by atoms with Crippen molar-refractivity contribution in [3.05, 3.63) is 42.7 Å². The summed E-state index contributed by atoms with van der Waals surface area (Å²) in [5, 5.41) is 7.88. The third kappa shape index (κ3) is 4.11. The SMILES string of the molecule is C=C(C)c1ccc2c(c1)c(-c1cncc(O[C@H]3CNCCC34CC4)n1)nn2OC(=O)C(F)(F)F. The van der Waals surface area contributed by atoms with Crippen molar-refractivity contribution in [2.75, 3.05) is 13.1 Å². The minimum Gasteiger partial charge on any atom is -0.471 e. The van der Waals surface area contributed by atoms with Crippen LogP contribution < -0.4 is 14.9 Å². The molecule has 0 bridgehead atoms. The van der Waals surface area contributed by atoms with Crippen LogP contribution in [-0.2, 0) is 4.79 Å². The van der Waals surface area contributed by atoms with Crippen LogP contribution in [0.1, 0.15) is 31.7 Å². The molecule has 1 N–H and O–H groups in total. The highest BCUT2D eigenvalue weighted by Gasteiger charge is 2.52. The van der Waals surface area contributed by atoms with Crippen LogP contribution >= 0.6 is 0 Å². The van der Waals surface area contributed by atoms with Gasteiger partial charge in [-0.05, 0) is 50.4 Å². The lowest BCUT2D eigenvalue weighted by atomic mass is 9.92. The Hall–Kier alpha value is -3.47. The van der Waals surface area contributed by atoms with Gasteiger partial charge in [-0.1, -0.05) is 23.1 Å². The van der Waals surface area contributed by atoms with Crippen molar-refractivity contribution in [2.45, 2.75) is 38.5 Å². The molecular weight excluding hydrogens is 451 g/mol. The Balaban J connectivity index is 1.53. The summed E-state index contributed by atoms with van der Waals surface area (Å²) < 4.78 is 44.6. The lowest BCUT2D eigenvalue weighted by molar-refractivity contribution is -0.200. The molecule has 34 heavy (non-hydrogen) atoms. The van der Waals surface area contributed by atoms with E-state index in [0.29, 0.717) is 22.7 Å². The lowest BCUT2D eigenvalue weighted by Crippen LogP contribution is -2.45. The number of halogens is 3. The van der Waals surface area contributed by atoms with Gasteiger partial charge in [-0.3, -0.25) is 4.98 Å². The number of rotatable bonds is 5. The fraction of sp³-hybridized carbons (Fsp3) is 0.391. The van der Waals surface area contributed by atoms with E-state index >= 15 is 0 Å². The smallest absolute Gasteiger partial charge is 0.471 e. The highest BCUT2D eigenvalue weighted by molar-refractivity contribution is 5.94. The highest BCUT2D eigenvalue weighted by atomic mass is 19.4. The monoisotopic (exact) mass is 473 g/mol. The van der Waals surface area contributed by atoms with Gasteiger partial charge < -0.3 is 14.9 Å². The first-order valence-corrected chi connectivity index (χ1v) is 10.8. The van der Waals surface area contributed by atoms with Crippen LogP contribution in [0.4, 0.5) is 13.2 Å². The third-order valence-electron chi connectivity index (χ3n) is 6.36. The molecule has 1 spiro atoms. The Labute approximate surface area is 192 Å². The van der Waals surface area contributed by atoms with Crippen molar-refractivity contribution in [1.82, 2.24) is 25.2 Å². The maximum atomic E-state index is 12.8. The molecule has 3 heterocycles. The number of carbonyl (C=O) groups excluding carboxylic acids is 1. The third-order valence-corrected chi connectivity index (χ3v) is 6.36. The molecule has 0 unspecified atom stereocenters. The Morgan fingerprint density at radius 1 is 1.26 bits per heavy atom. The normalized spacial score (nSPS) is 19.2. The van der Waals surface area contributed by atoms with Gasteiger partial charge in [0.1, 0.15) is 23.0 Å². The number of alkyl halides is 3. The zero-order valence-electron chi connectivity index (χ0n) is 18.4. The van der Waals surface area contributed by atoms with Gasteiger partial charge in [-0.2, -0.15) is 13.2 Å². The Kier molecular flexibility index (Phi) is 5.31. The maximum Gasteiger partial charge on any atom is 0.493 e. The van der Waals surface area contributed by atoms with Crippen molar-refractivity contribution in [3.8, 4) is 17.3 Å². The lowest BCUT2D eigenvalue weighted by Gasteiger charge is -2.32. The van der Waals surface area contributed by atoms with Gasteiger partial charge >= 0.3 is 12.1 Å². The van der Waals surface area contributed by atoms with E-state index in [0.717, 1.165) is 36.9 Å². The average molecular weight is 473 g/mol. The van der Waals surface area contributed by atoms with E-state index in [9.17, 15) is 18.0 Å². The number of carbonyl (C=O) groups is 1. The summed E-state index contributed by atoms with van der Waals surface area (Å²) >= 11 is 0. The van der Waals surface area contributed by atoms with E-state index in [2.05, 4.69) is 31.8 Å². The van der Waals surface area contributed by atoms with Crippen molar-refractivity contribution >= 4 is 22.4 Å². The molecule has 1 atom stereocenters. The molecule has 2 aliphatic rings. The Morgan fingerprint density at radius 2 is 2.06 bits per heavy atom. The summed E-state index contributed by atoms with van der Waals surface area (Å²) in [7, 11) is 0. The number of ether oxygens (including phenoxy) is 1. The first-order valence-electron chi connectivity index (χ1n) is 10.8. The summed E-state index contributed by atoms with van der Waals surface area (Å²) in [6.07, 6.45) is 0.971. The second-order valence-electron chi connectivity index (χ2n) is 8.78. The molecule has 5 rings (SSSR count). The second kappa shape index (κ2) is 8.08. The van der Waals surface area contributed by atoms with Crippen LogP contribution in [0.15, 0.2) is 37.2 Å². The first-order chi connectivity index (χ1) is 16.2. The Morgan fingerprint density at radius 3 is 2.76 bits per heavy atom. The molecule has 2 aromatic heterocycles. The maximum absolute atomic E-state index is 12.8. The molecule has 1 saturated carbocycles. The number of fused-ring (bicyclic) bond motifs is 1. The Bertz CT molecular complexity index is 1280. The van der Waals surface area contributed by atoms with Gasteiger partial charge in [0.15, 0.2) is 0 Å². The number of piperidine rings is 1. The van der Waals surface area contributed by atoms with Crippen LogP contribution in [0.3, 0.4) is 0 Å². The summed E-state index contributed by atoms with van der Waals surface area (Å²) in [6, 6.07) is 4.87. The van der Waals surface area contributed by atoms with Crippen LogP contribution in [0.25, 0.3) is 27.9 Å². The van der Waals surface area contributed by atoms with Crippen molar-refractivity contribution in [3.63, 3.8) is 0 Å². The summed E-state index contributed by atoms with van der Waals surface area (Å²) in [6.45, 7) is 7.37. The minimum atomic E-state index is -5.17. The molecule has 0 radical (unpaired) electrons. The second-order valence-corrected chi connectivity index (χ2v) is 8.78. The molecule has 3 aromatic rings. The highest BCUT2D eigenvalue weighted by Crippen LogP contribution is 2.53. The van der Waals surface area contributed by atoms with Gasteiger partial charge in [-0.25, -0.2) is 9.78 Å². The summed E-state index contributed by atoms with van der Waals surface area (Å²) in [5.41, 5.74) is 2.31. The van der Waals surface area contributed by atoms with E-state index in [1.165, 1.54) is 18.5 Å². The van der Waals surface area contributed by atoms with Gasteiger partial charge in [0.05, 0.1) is 12.4 Å². The molecule has 1 aliphatic heterocycles. The van der Waals surface area contributed by atoms with Crippen molar-refractivity contribution < 1.29 is 27.5 Å². The fourth-order valence-corrected chi connectivity index (χ4v) is 4.26. The standard InChI is InChI=1S/C23H22F3N5O3/c1-13(2)14-3-4-17-15(9-14)20(30-31(17)34-21(32)23(24,25)26)16-10-28-12-19(29-16)33-18-11-27-8-7-22(18)5-6-22/h3-4,9-10,12,18,27H,1,5-8,11H2,2H3/t18-/m0/s1. The largest absolute Gasteiger partial charge is 0.493 e. The number of aromatic nitrogens is 4. The summed E-state index contributed by atoms with van der Waals surface area (Å²) in [4.78, 5) is 25.3. The van der Waals surface area contributed by atoms with Gasteiger partial charge in [0.25, 0.3) is 0 Å². The molecule has 1 aromatic carbocycles. The van der Waals surface area contributed by atoms with E-state index < -0.39 is 12.1 Å². The first kappa shape index (κ1) is 22.3. The fourth-order valence-electron chi connectivity index (χ4n) is 4.26. The minimum absolute atomic E-state index is 0.0390. The molecule has 2 fully saturated rings. The van der Waals surface area contributed by atoms with E-state index in [4.69, 9.17) is 4.74 Å². The topological polar surface area (TPSA) is 91.2 Å². The predicted molar refractivity (Wildman–Crippen MR) is 117 cm³/mol. The zero-order chi connectivity index (χ0) is 24.1. The molecule has 11 heteroatoms. The number of allylic oxidation sites excluding steroid dienone is 1. The van der Waals surface area contributed by atoms with Crippen molar-refractivity contribution in [2.24, 2.45) is 5.41 Å². The number of nitrogens with one attached hydrogen (secondary N) is 1. The molecule has 178 valence electrons. The van der Waals surface area contributed by atoms with Gasteiger partial charge in [-0.15, -0.1) is 5.10 Å². The number of hydrogen-bond acceptors (Lipinski definition) is 7. The van der Waals surface area contributed by atoms with Crippen LogP contribution in [0, 0.1) is 5.41 Å². The van der Waals surface area contributed by atoms with Gasteiger partial charge in [0.2, 0.25) is 5.88 Å². The molecule has 8 nitrogen and oxygen atoms in total. The van der Waals surface area contributed by atoms with E-state index in [1.54, 1.807) is 19.1 Å². The number of hydrogen-bond donors (Lipinski definition) is 1. The summed E-state index contributed by atoms with van der Waals surface area (Å²) in [5.74, 6) is -2.08. The molecular formula is C23H22F3N5O3. The van der Waals surface area contributed by atoms with E-state index in [1.807, 2.05) is 0 Å². The average Bonchev–Trinajstić information content (AvgIpc) is 3.48. The van der Waals surface area contributed by atoms with E-state index in [-0.39, 0.29) is 28.4 Å². The molecule has 0 amide bonds. The van der Waals surface area contributed by atoms with Gasteiger partial charge in [0, 0.05) is 17.3 Å². The van der Waals surface area contributed by atoms with Crippen LogP contribution in [0.5, 0.6) is 5.88 Å². The molecule has 1 aliphatic carbocycles. The van der Waals surface area contributed by atoms with Crippen molar-refractivity contribution in [1.29, 1.82) is 0 Å². The number of benzene rings is 1.